The summed E-state index contributed by atoms with van der Waals surface area (Å²) in [5.41, 5.74) is 3.93. The smallest absolute Gasteiger partial charge is 0.229 e. The van der Waals surface area contributed by atoms with Crippen molar-refractivity contribution in [3.05, 3.63) is 65.5 Å². The van der Waals surface area contributed by atoms with Gasteiger partial charge in [0.05, 0.1) is 25.2 Å². The Morgan fingerprint density at radius 1 is 1.13 bits per heavy atom. The third-order valence-electron chi connectivity index (χ3n) is 4.49. The lowest BCUT2D eigenvalue weighted by atomic mass is 9.84. The molecule has 1 aromatic heterocycles. The molecular weight excluding hydrogens is 418 g/mol. The molecule has 8 nitrogen and oxygen atoms in total. The zero-order valence-corrected chi connectivity index (χ0v) is 19.0. The van der Waals surface area contributed by atoms with Gasteiger partial charge >= 0.3 is 0 Å². The predicted octanol–water partition coefficient (Wildman–Crippen LogP) is 4.96. The molecule has 0 aliphatic rings. The van der Waals surface area contributed by atoms with Crippen LogP contribution in [0.1, 0.15) is 37.5 Å². The molecule has 0 aliphatic heterocycles. The van der Waals surface area contributed by atoms with Crippen molar-refractivity contribution in [2.75, 3.05) is 18.1 Å². The van der Waals surface area contributed by atoms with E-state index in [0.717, 1.165) is 34.4 Å². The minimum Gasteiger partial charge on any atom is -0.496 e. The normalized spacial score (nSPS) is 12.2. The second-order valence-corrected chi connectivity index (χ2v) is 9.85. The molecule has 0 radical (unpaired) electrons. The summed E-state index contributed by atoms with van der Waals surface area (Å²) < 4.78 is 42.7. The molecule has 0 saturated heterocycles. The molecular formula is C22H27N3O5S. The van der Waals surface area contributed by atoms with Gasteiger partial charge in [-0.2, -0.15) is 4.74 Å². The maximum absolute atomic E-state index is 11.4. The Balaban J connectivity index is 2.03. The molecule has 0 saturated carbocycles. The Hall–Kier alpha value is -3.33. The summed E-state index contributed by atoms with van der Waals surface area (Å²) in [6, 6.07) is 11.1. The maximum Gasteiger partial charge on any atom is 0.229 e. The number of aromatic amines is 1. The zero-order valence-electron chi connectivity index (χ0n) is 18.2. The fraction of sp³-hybridized carbons (Fsp3) is 0.273. The first-order valence-electron chi connectivity index (χ1n) is 9.59. The van der Waals surface area contributed by atoms with Crippen LogP contribution in [0.4, 0.5) is 5.69 Å². The minimum atomic E-state index is -3.31. The highest BCUT2D eigenvalue weighted by Gasteiger charge is 2.22. The quantitative estimate of drug-likeness (QED) is 0.522. The van der Waals surface area contributed by atoms with Gasteiger partial charge in [0.1, 0.15) is 12.0 Å². The second kappa shape index (κ2) is 8.81. The average Bonchev–Trinajstić information content (AvgIpc) is 2.71. The molecule has 0 spiro atoms. The SMILES string of the molecule is COc1c(C=Cc2ccc(NS(C)(=O)=O)cc2)cc(-n2cco[nH]o2)cc1C(C)(C)C. The molecule has 31 heavy (non-hydrogen) atoms. The Morgan fingerprint density at radius 2 is 1.84 bits per heavy atom. The van der Waals surface area contributed by atoms with Crippen LogP contribution < -0.4 is 9.46 Å². The number of hydrogen-bond donors (Lipinski definition) is 2. The second-order valence-electron chi connectivity index (χ2n) is 8.10. The van der Waals surface area contributed by atoms with Crippen LogP contribution in [0.2, 0.25) is 0 Å². The van der Waals surface area contributed by atoms with Crippen molar-refractivity contribution in [1.82, 2.24) is 10.1 Å². The highest BCUT2D eigenvalue weighted by Crippen LogP contribution is 2.37. The van der Waals surface area contributed by atoms with Crippen LogP contribution in [0.25, 0.3) is 17.8 Å². The van der Waals surface area contributed by atoms with Gasteiger partial charge in [-0.05, 0) is 35.2 Å². The summed E-state index contributed by atoms with van der Waals surface area (Å²) in [7, 11) is -1.66. The molecule has 3 rings (SSSR count). The van der Waals surface area contributed by atoms with Gasteiger partial charge in [0, 0.05) is 16.8 Å². The summed E-state index contributed by atoms with van der Waals surface area (Å²) in [6.45, 7) is 6.34. The topological polar surface area (TPSA) is 102 Å². The van der Waals surface area contributed by atoms with Crippen molar-refractivity contribution in [2.45, 2.75) is 26.2 Å². The van der Waals surface area contributed by atoms with E-state index in [2.05, 4.69) is 30.8 Å². The number of nitrogens with one attached hydrogen (secondary N) is 2. The van der Waals surface area contributed by atoms with Gasteiger partial charge in [-0.3, -0.25) is 9.35 Å². The van der Waals surface area contributed by atoms with Crippen LogP contribution in [-0.4, -0.2) is 31.9 Å². The Bertz CT molecular complexity index is 1190. The van der Waals surface area contributed by atoms with Crippen LogP contribution in [0.15, 0.2) is 58.0 Å². The van der Waals surface area contributed by atoms with Crippen molar-refractivity contribution < 1.29 is 22.3 Å². The predicted molar refractivity (Wildman–Crippen MR) is 121 cm³/mol. The molecule has 3 aromatic rings. The maximum atomic E-state index is 11.4. The standard InChI is InChI=1S/C22H27N3O5S/c1-22(2,3)20-15-19(25-12-13-29-24-30-25)14-17(21(20)28-4)9-6-16-7-10-18(11-8-16)23-31(5,26)27/h6-15,23-24H,1-5H3. The Kier molecular flexibility index (Phi) is 6.35. The molecule has 0 fully saturated rings. The van der Waals surface area contributed by atoms with Crippen LogP contribution in [0.5, 0.6) is 5.75 Å². The first kappa shape index (κ1) is 22.4. The zero-order chi connectivity index (χ0) is 22.6. The minimum absolute atomic E-state index is 0.174. The molecule has 2 aromatic carbocycles. The fourth-order valence-corrected chi connectivity index (χ4v) is 3.64. The monoisotopic (exact) mass is 445 g/mol. The van der Waals surface area contributed by atoms with E-state index in [1.807, 2.05) is 36.4 Å². The number of ether oxygens (including phenoxy) is 1. The number of methoxy groups -OCH3 is 1. The van der Waals surface area contributed by atoms with E-state index in [4.69, 9.17) is 13.9 Å². The van der Waals surface area contributed by atoms with Gasteiger partial charge < -0.3 is 9.26 Å². The van der Waals surface area contributed by atoms with E-state index in [0.29, 0.717) is 5.69 Å². The number of anilines is 1. The van der Waals surface area contributed by atoms with Crippen LogP contribution in [-0.2, 0) is 15.4 Å². The van der Waals surface area contributed by atoms with E-state index >= 15 is 0 Å². The van der Waals surface area contributed by atoms with E-state index in [1.54, 1.807) is 30.2 Å². The van der Waals surface area contributed by atoms with Crippen LogP contribution in [0, 0.1) is 0 Å². The van der Waals surface area contributed by atoms with Crippen LogP contribution >= 0.6 is 0 Å². The first-order valence-corrected chi connectivity index (χ1v) is 11.5. The van der Waals surface area contributed by atoms with E-state index in [1.165, 1.54) is 6.26 Å². The summed E-state index contributed by atoms with van der Waals surface area (Å²) in [4.78, 5) is 0. The molecule has 0 aliphatic carbocycles. The third kappa shape index (κ3) is 5.85. The summed E-state index contributed by atoms with van der Waals surface area (Å²) in [5.74, 6) is 0.771. The number of sulfonamides is 1. The lowest BCUT2D eigenvalue weighted by Gasteiger charge is -2.24. The fourth-order valence-electron chi connectivity index (χ4n) is 3.08. The summed E-state index contributed by atoms with van der Waals surface area (Å²) in [5, 5.41) is 2.36. The molecule has 2 N–H and O–H groups in total. The van der Waals surface area contributed by atoms with Gasteiger partial charge in [-0.1, -0.05) is 50.4 Å². The van der Waals surface area contributed by atoms with Gasteiger partial charge in [-0.25, -0.2) is 8.42 Å². The number of benzene rings is 2. The first-order chi connectivity index (χ1) is 14.6. The summed E-state index contributed by atoms with van der Waals surface area (Å²) in [6.07, 6.45) is 8.15. The number of aromatic nitrogens is 2. The van der Waals surface area contributed by atoms with E-state index in [-0.39, 0.29) is 5.41 Å². The largest absolute Gasteiger partial charge is 0.496 e. The molecule has 9 heteroatoms. The average molecular weight is 446 g/mol. The lowest BCUT2D eigenvalue weighted by molar-refractivity contribution is 0.0897. The lowest BCUT2D eigenvalue weighted by Crippen LogP contribution is -2.14. The van der Waals surface area contributed by atoms with Crippen molar-refractivity contribution in [3.63, 3.8) is 0 Å². The van der Waals surface area contributed by atoms with Crippen molar-refractivity contribution in [3.8, 4) is 11.4 Å². The number of nitrogens with zero attached hydrogens (tertiary/aromatic N) is 1. The van der Waals surface area contributed by atoms with E-state index < -0.39 is 10.0 Å². The molecule has 0 unspecified atom stereocenters. The molecule has 0 atom stereocenters. The van der Waals surface area contributed by atoms with Crippen molar-refractivity contribution >= 4 is 27.9 Å². The molecule has 0 amide bonds. The van der Waals surface area contributed by atoms with Gasteiger partial charge in [0.25, 0.3) is 0 Å². The van der Waals surface area contributed by atoms with Gasteiger partial charge in [0.2, 0.25) is 10.0 Å². The van der Waals surface area contributed by atoms with Gasteiger partial charge in [0.15, 0.2) is 0 Å². The van der Waals surface area contributed by atoms with Crippen molar-refractivity contribution in [2.24, 2.45) is 0 Å². The molecule has 166 valence electrons. The molecule has 0 bridgehead atoms. The molecule has 1 heterocycles. The third-order valence-corrected chi connectivity index (χ3v) is 5.09. The van der Waals surface area contributed by atoms with Crippen molar-refractivity contribution in [1.29, 1.82) is 0 Å². The Morgan fingerprint density at radius 3 is 2.39 bits per heavy atom. The van der Waals surface area contributed by atoms with E-state index in [9.17, 15) is 8.42 Å². The number of rotatable bonds is 6. The van der Waals surface area contributed by atoms with Crippen LogP contribution in [0.3, 0.4) is 0 Å². The highest BCUT2D eigenvalue weighted by atomic mass is 32.2. The van der Waals surface area contributed by atoms with Gasteiger partial charge in [-0.15, -0.1) is 0 Å². The number of H-pyrrole nitrogens is 1. The highest BCUT2D eigenvalue weighted by molar-refractivity contribution is 7.92. The summed E-state index contributed by atoms with van der Waals surface area (Å²) >= 11 is 0. The number of hydrogen-bond acceptors (Lipinski definition) is 5. The Labute approximate surface area is 181 Å².